The second-order valence-electron chi connectivity index (χ2n) is 2.16. The number of rotatable bonds is 1. The minimum absolute atomic E-state index is 0. The van der Waals surface area contributed by atoms with Crippen LogP contribution in [0.3, 0.4) is 0 Å². The van der Waals surface area contributed by atoms with Crippen LogP contribution in [-0.2, 0) is 10.1 Å². The molecule has 1 N–H and O–H groups in total. The van der Waals surface area contributed by atoms with Gasteiger partial charge >= 0.3 is 29.6 Å². The maximum atomic E-state index is 10.7. The zero-order chi connectivity index (χ0) is 10.2. The summed E-state index contributed by atoms with van der Waals surface area (Å²) in [6, 6.07) is 2.55. The van der Waals surface area contributed by atoms with Crippen LogP contribution in [0.1, 0.15) is 0 Å². The van der Waals surface area contributed by atoms with E-state index in [1.54, 1.807) is 0 Å². The van der Waals surface area contributed by atoms with Gasteiger partial charge in [0, 0.05) is 4.47 Å². The Labute approximate surface area is 120 Å². The molecule has 0 aliphatic heterocycles. The molecule has 0 aliphatic carbocycles. The van der Waals surface area contributed by atoms with Gasteiger partial charge in [-0.05, 0) is 44.0 Å². The quantitative estimate of drug-likeness (QED) is 0.509. The monoisotopic (exact) mass is 352 g/mol. The first kappa shape index (κ1) is 14.9. The molecule has 0 heterocycles. The number of phenolic OH excluding ortho intramolecular Hbond substituents is 1. The summed E-state index contributed by atoms with van der Waals surface area (Å²) in [6.07, 6.45) is 0. The molecule has 1 aromatic rings. The van der Waals surface area contributed by atoms with E-state index in [0.717, 1.165) is 6.07 Å². The number of hydrogen-bond acceptors (Lipinski definition) is 4. The molecule has 0 bridgehead atoms. The standard InChI is InChI=1S/C6H4Br2O4S.Na/c7-3-1-2-4(9)6(5(3)8)13(10,11)12;/h1-2,9H,(H,10,11,12);/q;+1/p-1. The second-order valence-corrected chi connectivity index (χ2v) is 5.13. The third kappa shape index (κ3) is 3.19. The van der Waals surface area contributed by atoms with Crippen LogP contribution >= 0.6 is 31.9 Å². The van der Waals surface area contributed by atoms with Gasteiger partial charge < -0.3 is 9.66 Å². The van der Waals surface area contributed by atoms with Crippen molar-refractivity contribution in [2.45, 2.75) is 4.90 Å². The van der Waals surface area contributed by atoms with Gasteiger partial charge in [0.25, 0.3) is 0 Å². The summed E-state index contributed by atoms with van der Waals surface area (Å²) in [6.45, 7) is 0. The zero-order valence-electron chi connectivity index (χ0n) is 6.99. The summed E-state index contributed by atoms with van der Waals surface area (Å²) < 4.78 is 32.4. The van der Waals surface area contributed by atoms with Gasteiger partial charge in [-0.15, -0.1) is 0 Å². The molecule has 0 saturated heterocycles. The molecule has 14 heavy (non-hydrogen) atoms. The first-order valence-electron chi connectivity index (χ1n) is 2.97. The van der Waals surface area contributed by atoms with Crippen LogP contribution in [0.15, 0.2) is 26.0 Å². The van der Waals surface area contributed by atoms with Crippen LogP contribution < -0.4 is 29.6 Å². The number of aromatic hydroxyl groups is 1. The van der Waals surface area contributed by atoms with Crippen LogP contribution in [-0.4, -0.2) is 18.1 Å². The summed E-state index contributed by atoms with van der Waals surface area (Å²) in [4.78, 5) is -0.651. The summed E-state index contributed by atoms with van der Waals surface area (Å²) in [5.74, 6) is -0.565. The first-order chi connectivity index (χ1) is 5.84. The molecule has 1 rings (SSSR count). The molecule has 0 fully saturated rings. The molecule has 0 saturated carbocycles. The van der Waals surface area contributed by atoms with Crippen molar-refractivity contribution >= 4 is 42.0 Å². The van der Waals surface area contributed by atoms with Crippen molar-refractivity contribution in [3.05, 3.63) is 21.1 Å². The van der Waals surface area contributed by atoms with Crippen molar-refractivity contribution in [1.82, 2.24) is 0 Å². The molecule has 0 spiro atoms. The average Bonchev–Trinajstić information content (AvgIpc) is 1.95. The Kier molecular flexibility index (Phi) is 5.62. The fourth-order valence-electron chi connectivity index (χ4n) is 0.760. The molecule has 0 atom stereocenters. The smallest absolute Gasteiger partial charge is 0.744 e. The first-order valence-corrected chi connectivity index (χ1v) is 5.96. The van der Waals surface area contributed by atoms with Gasteiger partial charge in [0.15, 0.2) is 0 Å². The Hall–Kier alpha value is 0.890. The van der Waals surface area contributed by atoms with Gasteiger partial charge in [0.05, 0.1) is 4.47 Å². The van der Waals surface area contributed by atoms with E-state index in [9.17, 15) is 13.0 Å². The largest absolute Gasteiger partial charge is 1.00 e. The topological polar surface area (TPSA) is 77.4 Å². The zero-order valence-corrected chi connectivity index (χ0v) is 13.0. The molecule has 0 unspecified atom stereocenters. The van der Waals surface area contributed by atoms with Crippen molar-refractivity contribution in [2.24, 2.45) is 0 Å². The fraction of sp³-hybridized carbons (Fsp3) is 0. The van der Waals surface area contributed by atoms with Crippen molar-refractivity contribution in [1.29, 1.82) is 0 Å². The van der Waals surface area contributed by atoms with Gasteiger partial charge in [0.2, 0.25) is 0 Å². The molecular formula is C6H3Br2NaO4S. The van der Waals surface area contributed by atoms with E-state index in [1.807, 2.05) is 0 Å². The van der Waals surface area contributed by atoms with Crippen LogP contribution in [0.4, 0.5) is 0 Å². The van der Waals surface area contributed by atoms with Crippen molar-refractivity contribution in [3.63, 3.8) is 0 Å². The maximum Gasteiger partial charge on any atom is 1.00 e. The van der Waals surface area contributed by atoms with E-state index < -0.39 is 20.8 Å². The van der Waals surface area contributed by atoms with Crippen molar-refractivity contribution < 1.29 is 47.6 Å². The average molecular weight is 354 g/mol. The van der Waals surface area contributed by atoms with Crippen LogP contribution in [0, 0.1) is 0 Å². The third-order valence-corrected chi connectivity index (χ3v) is 4.47. The van der Waals surface area contributed by atoms with E-state index in [4.69, 9.17) is 5.11 Å². The van der Waals surface area contributed by atoms with Crippen molar-refractivity contribution in [2.75, 3.05) is 0 Å². The minimum Gasteiger partial charge on any atom is -0.744 e. The third-order valence-electron chi connectivity index (χ3n) is 1.28. The van der Waals surface area contributed by atoms with Crippen molar-refractivity contribution in [3.8, 4) is 5.75 Å². The Morgan fingerprint density at radius 3 is 2.14 bits per heavy atom. The van der Waals surface area contributed by atoms with E-state index >= 15 is 0 Å². The minimum atomic E-state index is -4.66. The van der Waals surface area contributed by atoms with E-state index in [0.29, 0.717) is 4.47 Å². The molecule has 8 heteroatoms. The SMILES string of the molecule is O=S(=O)([O-])c1c(O)ccc(Br)c1Br.[Na+]. The number of halogens is 2. The van der Waals surface area contributed by atoms with Crippen LogP contribution in [0.25, 0.3) is 0 Å². The fourth-order valence-corrected chi connectivity index (χ4v) is 2.80. The molecule has 0 amide bonds. The molecule has 0 aliphatic rings. The van der Waals surface area contributed by atoms with Gasteiger partial charge in [-0.1, -0.05) is 0 Å². The predicted octanol–water partition coefficient (Wildman–Crippen LogP) is -1.17. The van der Waals surface area contributed by atoms with E-state index in [2.05, 4.69) is 31.9 Å². The van der Waals surface area contributed by atoms with Gasteiger partial charge in [0.1, 0.15) is 20.8 Å². The second kappa shape index (κ2) is 5.29. The molecular weight excluding hydrogens is 351 g/mol. The normalized spacial score (nSPS) is 10.8. The van der Waals surface area contributed by atoms with E-state index in [-0.39, 0.29) is 34.0 Å². The molecule has 0 radical (unpaired) electrons. The summed E-state index contributed by atoms with van der Waals surface area (Å²) >= 11 is 5.89. The van der Waals surface area contributed by atoms with Crippen LogP contribution in [0.2, 0.25) is 0 Å². The van der Waals surface area contributed by atoms with Gasteiger partial charge in [-0.2, -0.15) is 0 Å². The summed E-state index contributed by atoms with van der Waals surface area (Å²) in [7, 11) is -4.66. The Morgan fingerprint density at radius 1 is 1.29 bits per heavy atom. The summed E-state index contributed by atoms with van der Waals surface area (Å²) in [5, 5.41) is 9.12. The molecule has 1 aromatic carbocycles. The van der Waals surface area contributed by atoms with E-state index in [1.165, 1.54) is 6.07 Å². The Morgan fingerprint density at radius 2 is 1.79 bits per heavy atom. The summed E-state index contributed by atoms with van der Waals surface area (Å²) in [5.41, 5.74) is 0. The molecule has 4 nitrogen and oxygen atoms in total. The van der Waals surface area contributed by atoms with Gasteiger partial charge in [-0.3, -0.25) is 0 Å². The van der Waals surface area contributed by atoms with Gasteiger partial charge in [-0.25, -0.2) is 8.42 Å². The Bertz CT molecular complexity index is 445. The van der Waals surface area contributed by atoms with Crippen LogP contribution in [0.5, 0.6) is 5.75 Å². The number of hydrogen-bond donors (Lipinski definition) is 1. The predicted molar refractivity (Wildman–Crippen MR) is 51.5 cm³/mol. The molecule has 0 aromatic heterocycles. The number of phenols is 1. The Balaban J connectivity index is 0.00000169. The maximum absolute atomic E-state index is 10.7. The molecule has 72 valence electrons. The number of benzene rings is 1.